The molecule has 0 bridgehead atoms. The number of hydroxylamine groups is 1. The van der Waals surface area contributed by atoms with Gasteiger partial charge >= 0.3 is 0 Å². The Morgan fingerprint density at radius 3 is 1.37 bits per heavy atom. The van der Waals surface area contributed by atoms with Gasteiger partial charge in [0.1, 0.15) is 22.7 Å². The summed E-state index contributed by atoms with van der Waals surface area (Å²) < 4.78 is 65.9. The third-order valence-electron chi connectivity index (χ3n) is 7.33. The minimum atomic E-state index is -3.72. The van der Waals surface area contributed by atoms with Crippen LogP contribution >= 0.6 is 0 Å². The van der Waals surface area contributed by atoms with E-state index < -0.39 is 26.0 Å². The van der Waals surface area contributed by atoms with Gasteiger partial charge in [-0.2, -0.15) is 0 Å². The Morgan fingerprint density at radius 2 is 1.00 bits per heavy atom. The number of hydrogen-bond acceptors (Lipinski definition) is 9. The van der Waals surface area contributed by atoms with E-state index in [9.17, 15) is 26.4 Å². The smallest absolute Gasteiger partial charge is 0.279 e. The van der Waals surface area contributed by atoms with Crippen LogP contribution in [0.4, 0.5) is 11.4 Å². The van der Waals surface area contributed by atoms with Gasteiger partial charge in [-0.05, 0) is 81.4 Å². The third kappa shape index (κ3) is 10.3. The van der Waals surface area contributed by atoms with Gasteiger partial charge in [-0.15, -0.1) is 0 Å². The number of hydrogen-bond donors (Lipinski definition) is 4. The zero-order valence-corrected chi connectivity index (χ0v) is 33.1. The van der Waals surface area contributed by atoms with E-state index in [0.717, 1.165) is 0 Å². The van der Waals surface area contributed by atoms with Crippen molar-refractivity contribution in [1.82, 2.24) is 10.8 Å². The molecule has 0 spiro atoms. The van der Waals surface area contributed by atoms with Crippen molar-refractivity contribution < 1.29 is 40.1 Å². The Bertz CT molecular complexity index is 2220. The molecule has 0 saturated carbocycles. The molecule has 0 saturated heterocycles. The van der Waals surface area contributed by atoms with Crippen LogP contribution in [0.15, 0.2) is 116 Å². The monoisotopic (exact) mass is 778 g/mol. The first kappa shape index (κ1) is 42.8. The molecule has 54 heavy (non-hydrogen) atoms. The van der Waals surface area contributed by atoms with Crippen molar-refractivity contribution in [2.75, 3.05) is 23.1 Å². The summed E-state index contributed by atoms with van der Waals surface area (Å²) in [5, 5.41) is 3.79. The summed E-state index contributed by atoms with van der Waals surface area (Å²) in [6.45, 7) is 13.7. The summed E-state index contributed by atoms with van der Waals surface area (Å²) in [7, 11) is -6.10. The van der Waals surface area contributed by atoms with E-state index in [0.29, 0.717) is 56.9 Å². The molecule has 0 aliphatic carbocycles. The van der Waals surface area contributed by atoms with Crippen LogP contribution in [0, 0.1) is 13.8 Å². The molecule has 2 aromatic heterocycles. The van der Waals surface area contributed by atoms with E-state index in [1.807, 2.05) is 34.6 Å². The van der Waals surface area contributed by atoms with Gasteiger partial charge in [0.2, 0.25) is 0 Å². The number of aryl methyl sites for hydroxylation is 2. The van der Waals surface area contributed by atoms with Gasteiger partial charge in [0.15, 0.2) is 0 Å². The van der Waals surface area contributed by atoms with Gasteiger partial charge in [-0.25, -0.2) is 22.3 Å². The van der Waals surface area contributed by atoms with Crippen LogP contribution in [0.5, 0.6) is 0 Å². The van der Waals surface area contributed by atoms with Gasteiger partial charge in [-0.3, -0.25) is 23.9 Å². The molecule has 6 rings (SSSR count). The maximum Gasteiger partial charge on any atom is 0.279 e. The van der Waals surface area contributed by atoms with Gasteiger partial charge in [0, 0.05) is 28.7 Å². The fraction of sp³-hybridized carbons (Fsp3) is 0.231. The first-order valence-electron chi connectivity index (χ1n) is 17.2. The average molecular weight is 779 g/mol. The Balaban J connectivity index is 0.000000266. The quantitative estimate of drug-likeness (QED) is 0.0996. The molecular formula is C39H46N4O9S2. The van der Waals surface area contributed by atoms with E-state index in [1.165, 1.54) is 31.4 Å². The largest absolute Gasteiger partial charge is 0.461 e. The molecule has 288 valence electrons. The first-order valence-corrected chi connectivity index (χ1v) is 20.1. The number of benzene rings is 4. The van der Waals surface area contributed by atoms with Crippen molar-refractivity contribution in [2.24, 2.45) is 0 Å². The summed E-state index contributed by atoms with van der Waals surface area (Å²) in [5.74, 6) is 0.181. The zero-order valence-electron chi connectivity index (χ0n) is 31.4. The summed E-state index contributed by atoms with van der Waals surface area (Å²) in [4.78, 5) is 29.3. The minimum Gasteiger partial charge on any atom is -0.461 e. The molecule has 6 aromatic rings. The molecule has 0 aliphatic heterocycles. The van der Waals surface area contributed by atoms with Crippen molar-refractivity contribution in [3.05, 3.63) is 120 Å². The Hall–Kier alpha value is -5.64. The van der Waals surface area contributed by atoms with Crippen LogP contribution in [0.3, 0.4) is 0 Å². The molecular weight excluding hydrogens is 733 g/mol. The highest BCUT2D eigenvalue weighted by Crippen LogP contribution is 2.30. The SMILES string of the molecule is CC.CC.CCNC(=O)c1c(C)oc2ccc(NS(=O)(=O)c3ccccc3)cc12.CONC(=O)c1c(C)oc2ccc(NS(=O)(=O)c3ccccc3)cc12. The molecule has 2 heterocycles. The molecule has 0 atom stereocenters. The lowest BCUT2D eigenvalue weighted by atomic mass is 10.1. The number of carbonyl (C=O) groups is 2. The maximum absolute atomic E-state index is 12.5. The Labute approximate surface area is 316 Å². The fourth-order valence-electron chi connectivity index (χ4n) is 5.15. The van der Waals surface area contributed by atoms with Crippen LogP contribution in [-0.2, 0) is 24.9 Å². The summed E-state index contributed by atoms with van der Waals surface area (Å²) >= 11 is 0. The topological polar surface area (TPSA) is 186 Å². The second kappa shape index (κ2) is 19.4. The summed E-state index contributed by atoms with van der Waals surface area (Å²) in [6, 6.07) is 25.7. The lowest BCUT2D eigenvalue weighted by molar-refractivity contribution is 0.0537. The van der Waals surface area contributed by atoms with Crippen molar-refractivity contribution >= 4 is 65.2 Å². The number of amides is 2. The molecule has 0 radical (unpaired) electrons. The Kier molecular flexibility index (Phi) is 15.4. The van der Waals surface area contributed by atoms with Gasteiger partial charge in [0.05, 0.1) is 28.0 Å². The molecule has 4 N–H and O–H groups in total. The molecule has 13 nitrogen and oxygen atoms in total. The molecule has 4 aromatic carbocycles. The standard InChI is InChI=1S/C18H18N2O4S.C17H16N2O5S.2C2H6/c1-3-19-18(21)17-12(2)24-16-10-9-13(11-15(16)17)20-25(22,23)14-7-5-4-6-8-14;1-11-16(17(20)18-23-2)14-10-12(8-9-15(14)24-11)19-25(21,22)13-6-4-3-5-7-13;2*1-2/h4-11,20H,3H2,1-2H3,(H,19,21);3-10,19H,1-2H3,(H,18,20);2*1-2H3. The number of anilines is 2. The number of rotatable bonds is 10. The fourth-order valence-corrected chi connectivity index (χ4v) is 7.29. The van der Waals surface area contributed by atoms with Gasteiger partial charge in [-0.1, -0.05) is 64.1 Å². The zero-order chi connectivity index (χ0) is 40.1. The lowest BCUT2D eigenvalue weighted by Crippen LogP contribution is -2.23. The molecule has 0 fully saturated rings. The normalized spacial score (nSPS) is 10.8. The number of carbonyl (C=O) groups excluding carboxylic acids is 2. The van der Waals surface area contributed by atoms with Gasteiger partial charge in [0.25, 0.3) is 31.9 Å². The Morgan fingerprint density at radius 1 is 0.611 bits per heavy atom. The molecule has 0 aliphatic rings. The van der Waals surface area contributed by atoms with Crippen LogP contribution in [0.2, 0.25) is 0 Å². The first-order chi connectivity index (χ1) is 25.8. The maximum atomic E-state index is 12.5. The predicted molar refractivity (Wildman–Crippen MR) is 212 cm³/mol. The molecule has 15 heteroatoms. The van der Waals surface area contributed by atoms with Crippen molar-refractivity contribution in [3.63, 3.8) is 0 Å². The number of furan rings is 2. The average Bonchev–Trinajstić information content (AvgIpc) is 3.68. The van der Waals surface area contributed by atoms with Crippen molar-refractivity contribution in [3.8, 4) is 0 Å². The summed E-state index contributed by atoms with van der Waals surface area (Å²) in [5.41, 5.74) is 4.63. The van der Waals surface area contributed by atoms with Crippen LogP contribution in [0.1, 0.15) is 66.9 Å². The lowest BCUT2D eigenvalue weighted by Gasteiger charge is -2.08. The van der Waals surface area contributed by atoms with E-state index in [4.69, 9.17) is 8.83 Å². The van der Waals surface area contributed by atoms with Gasteiger partial charge < -0.3 is 14.2 Å². The molecule has 0 unspecified atom stereocenters. The van der Waals surface area contributed by atoms with Crippen LogP contribution in [0.25, 0.3) is 21.9 Å². The highest BCUT2D eigenvalue weighted by Gasteiger charge is 2.21. The van der Waals surface area contributed by atoms with E-state index in [2.05, 4.69) is 25.1 Å². The van der Waals surface area contributed by atoms with Crippen LogP contribution < -0.4 is 20.2 Å². The minimum absolute atomic E-state index is 0.149. The number of sulfonamides is 2. The van der Waals surface area contributed by atoms with Crippen molar-refractivity contribution in [1.29, 1.82) is 0 Å². The number of fused-ring (bicyclic) bond motifs is 2. The molecule has 2 amide bonds. The van der Waals surface area contributed by atoms with E-state index in [1.54, 1.807) is 86.6 Å². The second-order valence-electron chi connectivity index (χ2n) is 10.8. The third-order valence-corrected chi connectivity index (χ3v) is 10.1. The van der Waals surface area contributed by atoms with Crippen molar-refractivity contribution in [2.45, 2.75) is 58.3 Å². The highest BCUT2D eigenvalue weighted by atomic mass is 32.2. The predicted octanol–water partition coefficient (Wildman–Crippen LogP) is 8.18. The van der Waals surface area contributed by atoms with E-state index in [-0.39, 0.29) is 21.3 Å². The second-order valence-corrected chi connectivity index (χ2v) is 14.2. The summed E-state index contributed by atoms with van der Waals surface area (Å²) in [6.07, 6.45) is 0. The number of nitrogens with one attached hydrogen (secondary N) is 4. The van der Waals surface area contributed by atoms with Crippen LogP contribution in [-0.4, -0.2) is 42.3 Å². The highest BCUT2D eigenvalue weighted by molar-refractivity contribution is 7.93. The van der Waals surface area contributed by atoms with E-state index >= 15 is 0 Å².